The van der Waals surface area contributed by atoms with Crippen LogP contribution in [0.1, 0.15) is 24.2 Å². The molecule has 2 amide bonds. The van der Waals surface area contributed by atoms with Gasteiger partial charge in [-0.15, -0.1) is 0 Å². The van der Waals surface area contributed by atoms with E-state index < -0.39 is 23.9 Å². The molecule has 0 spiro atoms. The molecule has 2 aromatic rings. The monoisotopic (exact) mass is 414 g/mol. The maximum absolute atomic E-state index is 12.2. The van der Waals surface area contributed by atoms with Crippen LogP contribution in [0.2, 0.25) is 0 Å². The molecule has 0 saturated heterocycles. The van der Waals surface area contributed by atoms with Gasteiger partial charge in [-0.25, -0.2) is 0 Å². The molecule has 0 radical (unpaired) electrons. The van der Waals surface area contributed by atoms with Gasteiger partial charge in [0.2, 0.25) is 6.79 Å². The van der Waals surface area contributed by atoms with Gasteiger partial charge in [-0.3, -0.25) is 14.4 Å². The molecule has 0 unspecified atom stereocenters. The summed E-state index contributed by atoms with van der Waals surface area (Å²) in [6.45, 7) is 3.59. The Balaban J connectivity index is 1.44. The van der Waals surface area contributed by atoms with Crippen molar-refractivity contribution in [2.24, 2.45) is 0 Å². The number of anilines is 1. The lowest BCUT2D eigenvalue weighted by atomic mass is 10.2. The number of hydrogen-bond donors (Lipinski definition) is 2. The molecule has 30 heavy (non-hydrogen) atoms. The number of carbonyl (C=O) groups is 3. The third-order valence-electron chi connectivity index (χ3n) is 4.14. The zero-order chi connectivity index (χ0) is 21.5. The van der Waals surface area contributed by atoms with Crippen LogP contribution in [0, 0.1) is 0 Å². The predicted octanol–water partition coefficient (Wildman–Crippen LogP) is 2.11. The van der Waals surface area contributed by atoms with Crippen LogP contribution in [0.5, 0.6) is 17.2 Å². The summed E-state index contributed by atoms with van der Waals surface area (Å²) in [5.41, 5.74) is 0.857. The largest absolute Gasteiger partial charge is 0.494 e. The van der Waals surface area contributed by atoms with Crippen LogP contribution >= 0.6 is 0 Å². The molecule has 1 atom stereocenters. The molecule has 158 valence electrons. The molecule has 2 aromatic carbocycles. The second-order valence-electron chi connectivity index (χ2n) is 6.33. The zero-order valence-corrected chi connectivity index (χ0v) is 16.6. The number of nitrogens with one attached hydrogen (secondary N) is 2. The van der Waals surface area contributed by atoms with Crippen molar-refractivity contribution in [3.8, 4) is 17.2 Å². The first-order valence-corrected chi connectivity index (χ1v) is 9.37. The Labute approximate surface area is 173 Å². The first-order valence-electron chi connectivity index (χ1n) is 9.37. The number of amides is 2. The Morgan fingerprint density at radius 3 is 2.53 bits per heavy atom. The number of carbonyl (C=O) groups excluding carboxylic acids is 3. The van der Waals surface area contributed by atoms with Gasteiger partial charge in [-0.1, -0.05) is 0 Å². The Morgan fingerprint density at radius 1 is 1.07 bits per heavy atom. The lowest BCUT2D eigenvalue weighted by Gasteiger charge is -2.14. The third-order valence-corrected chi connectivity index (χ3v) is 4.14. The van der Waals surface area contributed by atoms with Crippen LogP contribution in [0.4, 0.5) is 5.69 Å². The minimum atomic E-state index is -1.05. The molecule has 9 heteroatoms. The van der Waals surface area contributed by atoms with Crippen LogP contribution in [0.25, 0.3) is 0 Å². The van der Waals surface area contributed by atoms with Crippen LogP contribution < -0.4 is 24.8 Å². The van der Waals surface area contributed by atoms with Crippen molar-refractivity contribution in [3.05, 3.63) is 48.0 Å². The van der Waals surface area contributed by atoms with Crippen molar-refractivity contribution >= 4 is 23.5 Å². The van der Waals surface area contributed by atoms with Gasteiger partial charge in [0, 0.05) is 17.3 Å². The normalized spacial score (nSPS) is 12.6. The van der Waals surface area contributed by atoms with Gasteiger partial charge in [0.25, 0.3) is 11.8 Å². The Bertz CT molecular complexity index is 927. The van der Waals surface area contributed by atoms with Gasteiger partial charge in [-0.2, -0.15) is 0 Å². The van der Waals surface area contributed by atoms with Crippen molar-refractivity contribution in [2.75, 3.05) is 25.3 Å². The average Bonchev–Trinajstić information content (AvgIpc) is 3.20. The SMILES string of the molecule is CCOc1ccc(C(=O)NCC(=O)O[C@@H](C)C(=O)Nc2ccc3c(c2)OCO3)cc1. The van der Waals surface area contributed by atoms with Gasteiger partial charge in [0.05, 0.1) is 6.61 Å². The van der Waals surface area contributed by atoms with Gasteiger partial charge in [-0.05, 0) is 50.2 Å². The maximum atomic E-state index is 12.2. The summed E-state index contributed by atoms with van der Waals surface area (Å²) in [5.74, 6) is 0.0797. The fourth-order valence-corrected chi connectivity index (χ4v) is 2.63. The molecule has 1 aliphatic heterocycles. The van der Waals surface area contributed by atoms with E-state index in [0.717, 1.165) is 0 Å². The predicted molar refractivity (Wildman–Crippen MR) is 107 cm³/mol. The molecule has 0 saturated carbocycles. The van der Waals surface area contributed by atoms with Crippen molar-refractivity contribution in [2.45, 2.75) is 20.0 Å². The number of ether oxygens (including phenoxy) is 4. The van der Waals surface area contributed by atoms with Crippen molar-refractivity contribution < 1.29 is 33.3 Å². The van der Waals surface area contributed by atoms with Crippen molar-refractivity contribution in [1.82, 2.24) is 5.32 Å². The van der Waals surface area contributed by atoms with Gasteiger partial charge in [0.15, 0.2) is 17.6 Å². The second kappa shape index (κ2) is 9.64. The highest BCUT2D eigenvalue weighted by Gasteiger charge is 2.20. The second-order valence-corrected chi connectivity index (χ2v) is 6.33. The van der Waals surface area contributed by atoms with Crippen LogP contribution in [0.3, 0.4) is 0 Å². The zero-order valence-electron chi connectivity index (χ0n) is 16.6. The number of rotatable bonds is 8. The highest BCUT2D eigenvalue weighted by Crippen LogP contribution is 2.34. The van der Waals surface area contributed by atoms with E-state index in [9.17, 15) is 14.4 Å². The third kappa shape index (κ3) is 5.40. The summed E-state index contributed by atoms with van der Waals surface area (Å²) in [5, 5.41) is 5.09. The molecule has 3 rings (SSSR count). The lowest BCUT2D eigenvalue weighted by Crippen LogP contribution is -2.35. The van der Waals surface area contributed by atoms with E-state index in [1.807, 2.05) is 6.92 Å². The number of hydrogen-bond acceptors (Lipinski definition) is 7. The molecule has 2 N–H and O–H groups in total. The average molecular weight is 414 g/mol. The summed E-state index contributed by atoms with van der Waals surface area (Å²) >= 11 is 0. The van der Waals surface area contributed by atoms with E-state index >= 15 is 0 Å². The summed E-state index contributed by atoms with van der Waals surface area (Å²) in [6, 6.07) is 11.5. The molecular weight excluding hydrogens is 392 g/mol. The highest BCUT2D eigenvalue weighted by molar-refractivity contribution is 5.97. The molecule has 0 bridgehead atoms. The summed E-state index contributed by atoms with van der Waals surface area (Å²) < 4.78 is 20.8. The molecule has 0 aromatic heterocycles. The minimum absolute atomic E-state index is 0.128. The number of fused-ring (bicyclic) bond motifs is 1. The van der Waals surface area contributed by atoms with E-state index in [0.29, 0.717) is 35.1 Å². The Morgan fingerprint density at radius 2 is 1.80 bits per heavy atom. The van der Waals surface area contributed by atoms with Gasteiger partial charge in [0.1, 0.15) is 12.3 Å². The topological polar surface area (TPSA) is 112 Å². The van der Waals surface area contributed by atoms with E-state index in [-0.39, 0.29) is 13.3 Å². The molecule has 1 heterocycles. The number of esters is 1. The lowest BCUT2D eigenvalue weighted by molar-refractivity contribution is -0.152. The Hall–Kier alpha value is -3.75. The molecule has 0 fully saturated rings. The van der Waals surface area contributed by atoms with Crippen molar-refractivity contribution in [1.29, 1.82) is 0 Å². The van der Waals surface area contributed by atoms with E-state index in [2.05, 4.69) is 10.6 Å². The fraction of sp³-hybridized carbons (Fsp3) is 0.286. The smallest absolute Gasteiger partial charge is 0.326 e. The van der Waals surface area contributed by atoms with Gasteiger partial charge < -0.3 is 29.6 Å². The first kappa shape index (κ1) is 21.0. The summed E-state index contributed by atoms with van der Waals surface area (Å²) in [6.07, 6.45) is -1.05. The van der Waals surface area contributed by atoms with E-state index in [1.165, 1.54) is 6.92 Å². The molecule has 1 aliphatic rings. The summed E-state index contributed by atoms with van der Waals surface area (Å²) in [4.78, 5) is 36.3. The number of benzene rings is 2. The molecule has 9 nitrogen and oxygen atoms in total. The maximum Gasteiger partial charge on any atom is 0.326 e. The van der Waals surface area contributed by atoms with Crippen LogP contribution in [0.15, 0.2) is 42.5 Å². The van der Waals surface area contributed by atoms with Gasteiger partial charge >= 0.3 is 5.97 Å². The highest BCUT2D eigenvalue weighted by atomic mass is 16.7. The molecular formula is C21H22N2O7. The Kier molecular flexibility index (Phi) is 6.74. The minimum Gasteiger partial charge on any atom is -0.494 e. The summed E-state index contributed by atoms with van der Waals surface area (Å²) in [7, 11) is 0. The van der Waals surface area contributed by atoms with Crippen LogP contribution in [-0.4, -0.2) is 43.8 Å². The van der Waals surface area contributed by atoms with Crippen LogP contribution in [-0.2, 0) is 14.3 Å². The fourth-order valence-electron chi connectivity index (χ4n) is 2.63. The molecule has 0 aliphatic carbocycles. The standard InChI is InChI=1S/C21H22N2O7/c1-3-27-16-7-4-14(5-8-16)21(26)22-11-19(24)30-13(2)20(25)23-15-6-9-17-18(10-15)29-12-28-17/h4-10,13H,3,11-12H2,1-2H3,(H,22,26)(H,23,25)/t13-/m0/s1. The van der Waals surface area contributed by atoms with E-state index in [4.69, 9.17) is 18.9 Å². The quantitative estimate of drug-likeness (QED) is 0.636. The van der Waals surface area contributed by atoms with E-state index in [1.54, 1.807) is 42.5 Å². The van der Waals surface area contributed by atoms with Crippen molar-refractivity contribution in [3.63, 3.8) is 0 Å². The first-order chi connectivity index (χ1) is 14.5.